The molecule has 3 nitrogen and oxygen atoms in total. The van der Waals surface area contributed by atoms with Crippen molar-refractivity contribution < 1.29 is 13.6 Å². The molecule has 0 aromatic carbocycles. The monoisotopic (exact) mass is 302 g/mol. The average Bonchev–Trinajstić information content (AvgIpc) is 2.95. The molecular weight excluding hydrogens is 282 g/mol. The van der Waals surface area contributed by atoms with E-state index in [4.69, 9.17) is 5.73 Å². The minimum absolute atomic E-state index is 0.106. The first kappa shape index (κ1) is 15.4. The van der Waals surface area contributed by atoms with E-state index in [0.717, 1.165) is 37.0 Å². The first-order valence-electron chi connectivity index (χ1n) is 7.00. The van der Waals surface area contributed by atoms with Crippen LogP contribution >= 0.6 is 11.3 Å². The van der Waals surface area contributed by atoms with Crippen molar-refractivity contribution in [3.8, 4) is 0 Å². The van der Waals surface area contributed by atoms with Gasteiger partial charge in [0.1, 0.15) is 4.88 Å². The van der Waals surface area contributed by atoms with Crippen molar-refractivity contribution in [2.75, 3.05) is 6.54 Å². The summed E-state index contributed by atoms with van der Waals surface area (Å²) in [6.07, 6.45) is 3.01. The highest BCUT2D eigenvalue weighted by molar-refractivity contribution is 7.12. The molecule has 1 heterocycles. The third kappa shape index (κ3) is 3.55. The van der Waals surface area contributed by atoms with Crippen molar-refractivity contribution in [1.29, 1.82) is 0 Å². The Bertz CT molecular complexity index is 444. The number of alkyl halides is 2. The van der Waals surface area contributed by atoms with Gasteiger partial charge in [-0.3, -0.25) is 4.79 Å². The number of carbonyl (C=O) groups is 1. The van der Waals surface area contributed by atoms with E-state index >= 15 is 0 Å². The maximum absolute atomic E-state index is 12.8. The number of hydrogen-bond acceptors (Lipinski definition) is 3. The van der Waals surface area contributed by atoms with Crippen molar-refractivity contribution in [2.45, 2.75) is 44.6 Å². The zero-order chi connectivity index (χ0) is 14.5. The molecule has 6 heteroatoms. The van der Waals surface area contributed by atoms with E-state index < -0.39 is 12.3 Å². The van der Waals surface area contributed by atoms with Crippen LogP contribution in [0, 0.1) is 5.92 Å². The molecule has 1 amide bonds. The first-order chi connectivity index (χ1) is 9.63. The van der Waals surface area contributed by atoms with E-state index in [0.29, 0.717) is 12.5 Å². The fraction of sp³-hybridized carbons (Fsp3) is 0.643. The van der Waals surface area contributed by atoms with Crippen molar-refractivity contribution in [1.82, 2.24) is 5.32 Å². The zero-order valence-electron chi connectivity index (χ0n) is 11.3. The predicted octanol–water partition coefficient (Wildman–Crippen LogP) is 3.32. The molecule has 0 unspecified atom stereocenters. The summed E-state index contributed by atoms with van der Waals surface area (Å²) in [5.74, 6) is -0.0519. The van der Waals surface area contributed by atoms with Crippen molar-refractivity contribution >= 4 is 17.2 Å². The van der Waals surface area contributed by atoms with E-state index in [9.17, 15) is 13.6 Å². The van der Waals surface area contributed by atoms with E-state index in [2.05, 4.69) is 5.32 Å². The molecule has 0 saturated heterocycles. The van der Waals surface area contributed by atoms with Crippen molar-refractivity contribution in [2.24, 2.45) is 11.7 Å². The molecule has 1 aromatic heterocycles. The summed E-state index contributed by atoms with van der Waals surface area (Å²) >= 11 is 1.05. The number of amides is 1. The van der Waals surface area contributed by atoms with Crippen LogP contribution in [-0.4, -0.2) is 18.5 Å². The summed E-state index contributed by atoms with van der Waals surface area (Å²) in [5, 5.41) is 4.37. The summed E-state index contributed by atoms with van der Waals surface area (Å²) < 4.78 is 25.6. The predicted molar refractivity (Wildman–Crippen MR) is 76.2 cm³/mol. The molecule has 1 atom stereocenters. The summed E-state index contributed by atoms with van der Waals surface area (Å²) in [4.78, 5) is 12.3. The third-order valence-corrected chi connectivity index (χ3v) is 4.86. The van der Waals surface area contributed by atoms with Gasteiger partial charge in [-0.15, -0.1) is 11.3 Å². The fourth-order valence-electron chi connectivity index (χ4n) is 2.82. The van der Waals surface area contributed by atoms with E-state index in [1.807, 2.05) is 0 Å². The number of hydrogen-bond donors (Lipinski definition) is 2. The topological polar surface area (TPSA) is 55.1 Å². The molecule has 1 aromatic rings. The number of rotatable bonds is 5. The van der Waals surface area contributed by atoms with Gasteiger partial charge in [0.25, 0.3) is 12.3 Å². The molecule has 0 bridgehead atoms. The van der Waals surface area contributed by atoms with Crippen LogP contribution in [0.4, 0.5) is 8.78 Å². The maximum Gasteiger partial charge on any atom is 0.265 e. The largest absolute Gasteiger partial charge is 0.347 e. The number of thiophene rings is 1. The van der Waals surface area contributed by atoms with Gasteiger partial charge in [0.05, 0.1) is 0 Å². The van der Waals surface area contributed by atoms with Gasteiger partial charge in [-0.2, -0.15) is 0 Å². The molecule has 1 fully saturated rings. The van der Waals surface area contributed by atoms with Gasteiger partial charge in [-0.1, -0.05) is 19.3 Å². The second kappa shape index (κ2) is 7.13. The van der Waals surface area contributed by atoms with Crippen LogP contribution in [0.5, 0.6) is 0 Å². The van der Waals surface area contributed by atoms with Gasteiger partial charge in [0, 0.05) is 18.2 Å². The van der Waals surface area contributed by atoms with Crippen LogP contribution < -0.4 is 11.1 Å². The Balaban J connectivity index is 2.03. The van der Waals surface area contributed by atoms with Crippen LogP contribution in [0.25, 0.3) is 0 Å². The molecule has 0 radical (unpaired) electrons. The van der Waals surface area contributed by atoms with Gasteiger partial charge in [-0.05, 0) is 30.2 Å². The van der Waals surface area contributed by atoms with Crippen LogP contribution in [0.2, 0.25) is 0 Å². The Hall–Kier alpha value is -1.01. The standard InChI is InChI=1S/C14H20F2N2OS/c15-13(16)10-6-7-20-12(10)14(19)18-11(8-17)9-4-2-1-3-5-9/h6-7,9,11,13H,1-5,8,17H2,(H,18,19)/t11-/m0/s1. The Labute approximate surface area is 121 Å². The smallest absolute Gasteiger partial charge is 0.265 e. The molecule has 1 aliphatic rings. The van der Waals surface area contributed by atoms with Gasteiger partial charge < -0.3 is 11.1 Å². The van der Waals surface area contributed by atoms with Crippen LogP contribution in [0.1, 0.15) is 53.8 Å². The molecule has 20 heavy (non-hydrogen) atoms. The second-order valence-electron chi connectivity index (χ2n) is 5.22. The van der Waals surface area contributed by atoms with Crippen LogP contribution in [0.3, 0.4) is 0 Å². The van der Waals surface area contributed by atoms with Crippen molar-refractivity contribution in [3.05, 3.63) is 21.9 Å². The lowest BCUT2D eigenvalue weighted by molar-refractivity contribution is 0.0908. The lowest BCUT2D eigenvalue weighted by atomic mass is 9.84. The van der Waals surface area contributed by atoms with Crippen molar-refractivity contribution in [3.63, 3.8) is 0 Å². The molecular formula is C14H20F2N2OS. The Morgan fingerprint density at radius 1 is 1.40 bits per heavy atom. The number of nitrogens with one attached hydrogen (secondary N) is 1. The fourth-order valence-corrected chi connectivity index (χ4v) is 3.63. The van der Waals surface area contributed by atoms with Crippen LogP contribution in [-0.2, 0) is 0 Å². The van der Waals surface area contributed by atoms with Gasteiger partial charge in [0.15, 0.2) is 0 Å². The lowest BCUT2D eigenvalue weighted by Gasteiger charge is -2.30. The van der Waals surface area contributed by atoms with Crippen LogP contribution in [0.15, 0.2) is 11.4 Å². The highest BCUT2D eigenvalue weighted by Gasteiger charge is 2.26. The molecule has 0 aliphatic heterocycles. The third-order valence-electron chi connectivity index (χ3n) is 3.93. The highest BCUT2D eigenvalue weighted by atomic mass is 32.1. The molecule has 1 saturated carbocycles. The maximum atomic E-state index is 12.8. The second-order valence-corrected chi connectivity index (χ2v) is 6.14. The summed E-state index contributed by atoms with van der Waals surface area (Å²) in [6.45, 7) is 0.353. The first-order valence-corrected chi connectivity index (χ1v) is 7.88. The molecule has 2 rings (SSSR count). The quantitative estimate of drug-likeness (QED) is 0.876. The van der Waals surface area contributed by atoms with Gasteiger partial charge in [-0.25, -0.2) is 8.78 Å². The summed E-state index contributed by atoms with van der Waals surface area (Å²) in [7, 11) is 0. The minimum atomic E-state index is -2.62. The molecule has 0 spiro atoms. The van der Waals surface area contributed by atoms with E-state index in [1.165, 1.54) is 17.9 Å². The Morgan fingerprint density at radius 3 is 2.70 bits per heavy atom. The normalized spacial score (nSPS) is 18.2. The molecule has 1 aliphatic carbocycles. The molecule has 112 valence electrons. The zero-order valence-corrected chi connectivity index (χ0v) is 12.1. The Morgan fingerprint density at radius 2 is 2.10 bits per heavy atom. The summed E-state index contributed by atoms with van der Waals surface area (Å²) in [5.41, 5.74) is 5.56. The number of halogens is 2. The average molecular weight is 302 g/mol. The summed E-state index contributed by atoms with van der Waals surface area (Å²) in [6, 6.07) is 1.19. The highest BCUT2D eigenvalue weighted by Crippen LogP contribution is 2.29. The number of nitrogens with two attached hydrogens (primary N) is 1. The molecule has 3 N–H and O–H groups in total. The Kier molecular flexibility index (Phi) is 5.48. The minimum Gasteiger partial charge on any atom is -0.347 e. The van der Waals surface area contributed by atoms with E-state index in [-0.39, 0.29) is 16.5 Å². The lowest BCUT2D eigenvalue weighted by Crippen LogP contribution is -2.45. The number of carbonyl (C=O) groups excluding carboxylic acids is 1. The van der Waals surface area contributed by atoms with Gasteiger partial charge in [0.2, 0.25) is 0 Å². The SMILES string of the molecule is NC[C@H](NC(=O)c1sccc1C(F)F)C1CCCCC1. The van der Waals surface area contributed by atoms with Gasteiger partial charge >= 0.3 is 0 Å². The van der Waals surface area contributed by atoms with E-state index in [1.54, 1.807) is 0 Å².